The summed E-state index contributed by atoms with van der Waals surface area (Å²) in [4.78, 5) is 29.4. The van der Waals surface area contributed by atoms with Gasteiger partial charge < -0.3 is 19.5 Å². The van der Waals surface area contributed by atoms with Gasteiger partial charge in [-0.25, -0.2) is 14.6 Å². The molecule has 26 heavy (non-hydrogen) atoms. The number of halogens is 1. The van der Waals surface area contributed by atoms with E-state index in [1.54, 1.807) is 4.90 Å². The molecule has 2 fully saturated rings. The highest BCUT2D eigenvalue weighted by Crippen LogP contribution is 2.56. The smallest absolute Gasteiger partial charge is 0.410 e. The number of thiazole rings is 1. The second-order valence-corrected chi connectivity index (χ2v) is 9.84. The third-order valence-electron chi connectivity index (χ3n) is 4.76. The maximum absolute atomic E-state index is 12.2. The van der Waals surface area contributed by atoms with Crippen LogP contribution in [0.5, 0.6) is 0 Å². The summed E-state index contributed by atoms with van der Waals surface area (Å²) in [6.45, 7) is 6.39. The number of likely N-dealkylation sites (tertiary alicyclic amines) is 1. The summed E-state index contributed by atoms with van der Waals surface area (Å²) in [6, 6.07) is 0. The lowest BCUT2D eigenvalue weighted by Crippen LogP contribution is -2.58. The van der Waals surface area contributed by atoms with E-state index in [-0.39, 0.29) is 18.1 Å². The summed E-state index contributed by atoms with van der Waals surface area (Å²) in [6.07, 6.45) is 1.92. The molecule has 1 aromatic rings. The number of hydrogen-bond donors (Lipinski definition) is 1. The Hall–Kier alpha value is -1.19. The Morgan fingerprint density at radius 3 is 2.62 bits per heavy atom. The average Bonchev–Trinajstić information content (AvgIpc) is 3.07. The van der Waals surface area contributed by atoms with Gasteiger partial charge in [-0.2, -0.15) is 0 Å². The van der Waals surface area contributed by atoms with E-state index >= 15 is 0 Å². The van der Waals surface area contributed by atoms with Crippen LogP contribution in [0, 0.1) is 5.41 Å². The molecule has 1 amide bonds. The fourth-order valence-corrected chi connectivity index (χ4v) is 5.20. The molecule has 2 aliphatic rings. The van der Waals surface area contributed by atoms with Crippen LogP contribution in [0.3, 0.4) is 0 Å². The zero-order valence-electron chi connectivity index (χ0n) is 15.1. The van der Waals surface area contributed by atoms with Crippen molar-refractivity contribution in [2.75, 3.05) is 19.7 Å². The normalized spacial score (nSPS) is 24.5. The quantitative estimate of drug-likeness (QED) is 0.759. The molecular formula is C17H23BrN2O5S. The molecule has 1 unspecified atom stereocenters. The highest BCUT2D eigenvalue weighted by Gasteiger charge is 2.58. The van der Waals surface area contributed by atoms with Gasteiger partial charge in [0.1, 0.15) is 27.4 Å². The molecule has 1 aromatic heterocycles. The Bertz CT molecular complexity index is 710. The van der Waals surface area contributed by atoms with Gasteiger partial charge in [-0.05, 0) is 56.0 Å². The Morgan fingerprint density at radius 2 is 2.08 bits per heavy atom. The maximum atomic E-state index is 12.2. The number of nitrogens with zero attached hydrogens (tertiary/aromatic N) is 2. The molecule has 9 heteroatoms. The molecule has 1 atom stereocenters. The Labute approximate surface area is 164 Å². The van der Waals surface area contributed by atoms with Crippen molar-refractivity contribution >= 4 is 39.3 Å². The molecule has 2 heterocycles. The summed E-state index contributed by atoms with van der Waals surface area (Å²) in [5.41, 5.74) is -1.28. The molecule has 0 aromatic carbocycles. The van der Waals surface area contributed by atoms with Crippen LogP contribution in [0.25, 0.3) is 0 Å². The fourth-order valence-electron chi connectivity index (χ4n) is 3.77. The van der Waals surface area contributed by atoms with Crippen LogP contribution < -0.4 is 0 Å². The van der Waals surface area contributed by atoms with Crippen LogP contribution in [-0.2, 0) is 19.9 Å². The molecule has 1 saturated carbocycles. The number of carbonyl (C=O) groups is 2. The minimum atomic E-state index is -0.995. The van der Waals surface area contributed by atoms with Crippen molar-refractivity contribution in [2.24, 2.45) is 5.41 Å². The molecule has 1 aliphatic carbocycles. The zero-order chi connectivity index (χ0) is 19.2. The van der Waals surface area contributed by atoms with Crippen LogP contribution in [0.1, 0.15) is 45.0 Å². The number of carboxylic acids is 1. The first-order chi connectivity index (χ1) is 12.0. The van der Waals surface area contributed by atoms with Crippen molar-refractivity contribution in [3.63, 3.8) is 0 Å². The average molecular weight is 447 g/mol. The van der Waals surface area contributed by atoms with Crippen molar-refractivity contribution in [2.45, 2.75) is 51.2 Å². The summed E-state index contributed by atoms with van der Waals surface area (Å²) in [5, 5.41) is 11.7. The van der Waals surface area contributed by atoms with Gasteiger partial charge in [-0.3, -0.25) is 0 Å². The topological polar surface area (TPSA) is 89.0 Å². The molecule has 3 rings (SSSR count). The number of hydrogen-bond acceptors (Lipinski definition) is 6. The molecular weight excluding hydrogens is 424 g/mol. The number of amides is 1. The summed E-state index contributed by atoms with van der Waals surface area (Å²) in [5.74, 6) is -0.995. The predicted octanol–water partition coefficient (Wildman–Crippen LogP) is 3.62. The number of rotatable bonds is 4. The fraction of sp³-hybridized carbons (Fsp3) is 0.706. The second-order valence-electron chi connectivity index (χ2n) is 8.17. The van der Waals surface area contributed by atoms with Gasteiger partial charge in [0.15, 0.2) is 0 Å². The van der Waals surface area contributed by atoms with E-state index in [9.17, 15) is 9.59 Å². The van der Waals surface area contributed by atoms with E-state index < -0.39 is 17.2 Å². The van der Waals surface area contributed by atoms with Crippen molar-refractivity contribution in [1.29, 1.82) is 0 Å². The highest BCUT2D eigenvalue weighted by molar-refractivity contribution is 9.10. The molecule has 144 valence electrons. The first-order valence-electron chi connectivity index (χ1n) is 8.48. The molecule has 1 spiro atoms. The lowest BCUT2D eigenvalue weighted by molar-refractivity contribution is -0.151. The van der Waals surface area contributed by atoms with Gasteiger partial charge in [-0.15, -0.1) is 11.3 Å². The Balaban J connectivity index is 1.70. The van der Waals surface area contributed by atoms with E-state index in [4.69, 9.17) is 14.6 Å². The van der Waals surface area contributed by atoms with Crippen LogP contribution in [-0.4, -0.2) is 52.4 Å². The maximum Gasteiger partial charge on any atom is 0.410 e. The molecule has 7 nitrogen and oxygen atoms in total. The molecule has 1 aliphatic heterocycles. The standard InChI is InChI=1S/C17H23BrN2O5S/c1-15(2,3)25-14(23)20-9-16(10-20)4-5-17(8-16,24-6-12(21)22)13-19-11(18)7-26-13/h7H,4-6,8-10H2,1-3H3,(H,21,22). The van der Waals surface area contributed by atoms with Crippen LogP contribution in [0.4, 0.5) is 4.79 Å². The third-order valence-corrected chi connectivity index (χ3v) is 6.50. The Kier molecular flexibility index (Phi) is 5.09. The van der Waals surface area contributed by atoms with E-state index in [0.717, 1.165) is 16.0 Å². The lowest BCUT2D eigenvalue weighted by atomic mass is 9.77. The number of ether oxygens (including phenoxy) is 2. The van der Waals surface area contributed by atoms with Gasteiger partial charge in [0.2, 0.25) is 0 Å². The first-order valence-corrected chi connectivity index (χ1v) is 10.2. The Morgan fingerprint density at radius 1 is 1.38 bits per heavy atom. The third kappa shape index (κ3) is 4.04. The highest BCUT2D eigenvalue weighted by atomic mass is 79.9. The van der Waals surface area contributed by atoms with Gasteiger partial charge in [0.05, 0.1) is 0 Å². The summed E-state index contributed by atoms with van der Waals surface area (Å²) >= 11 is 4.82. The van der Waals surface area contributed by atoms with Crippen molar-refractivity contribution in [3.05, 3.63) is 15.0 Å². The zero-order valence-corrected chi connectivity index (χ0v) is 17.5. The SMILES string of the molecule is CC(C)(C)OC(=O)N1CC2(CCC(OCC(=O)O)(c3nc(Br)cs3)C2)C1. The van der Waals surface area contributed by atoms with Crippen molar-refractivity contribution < 1.29 is 24.2 Å². The van der Waals surface area contributed by atoms with E-state index in [1.807, 2.05) is 26.2 Å². The van der Waals surface area contributed by atoms with Crippen molar-refractivity contribution in [1.82, 2.24) is 9.88 Å². The van der Waals surface area contributed by atoms with Crippen LogP contribution in [0.15, 0.2) is 9.98 Å². The van der Waals surface area contributed by atoms with Crippen molar-refractivity contribution in [3.8, 4) is 0 Å². The summed E-state index contributed by atoms with van der Waals surface area (Å²) in [7, 11) is 0. The van der Waals surface area contributed by atoms with Crippen LogP contribution in [0.2, 0.25) is 0 Å². The molecule has 0 bridgehead atoms. The largest absolute Gasteiger partial charge is 0.480 e. The number of carbonyl (C=O) groups excluding carboxylic acids is 1. The predicted molar refractivity (Wildman–Crippen MR) is 99.2 cm³/mol. The number of aromatic nitrogens is 1. The molecule has 1 saturated heterocycles. The monoisotopic (exact) mass is 446 g/mol. The van der Waals surface area contributed by atoms with Crippen LogP contribution >= 0.6 is 27.3 Å². The second kappa shape index (κ2) is 6.76. The van der Waals surface area contributed by atoms with Gasteiger partial charge in [0, 0.05) is 23.9 Å². The van der Waals surface area contributed by atoms with E-state index in [2.05, 4.69) is 20.9 Å². The summed E-state index contributed by atoms with van der Waals surface area (Å²) < 4.78 is 12.0. The molecule has 0 radical (unpaired) electrons. The van der Waals surface area contributed by atoms with E-state index in [1.165, 1.54) is 11.3 Å². The number of aliphatic carboxylic acids is 1. The first kappa shape index (κ1) is 19.6. The van der Waals surface area contributed by atoms with Gasteiger partial charge in [0.25, 0.3) is 0 Å². The molecule has 1 N–H and O–H groups in total. The van der Waals surface area contributed by atoms with Gasteiger partial charge in [-0.1, -0.05) is 0 Å². The minimum Gasteiger partial charge on any atom is -0.480 e. The van der Waals surface area contributed by atoms with Gasteiger partial charge >= 0.3 is 12.1 Å². The minimum absolute atomic E-state index is 0.0620. The van der Waals surface area contributed by atoms with E-state index in [0.29, 0.717) is 25.9 Å². The lowest BCUT2D eigenvalue weighted by Gasteiger charge is -2.48. The number of carboxylic acid groups (broad SMARTS) is 1.